The largest absolute Gasteiger partial charge is 0.351 e. The van der Waals surface area contributed by atoms with E-state index in [9.17, 15) is 16.8 Å². The van der Waals surface area contributed by atoms with Crippen molar-refractivity contribution in [3.63, 3.8) is 0 Å². The van der Waals surface area contributed by atoms with Gasteiger partial charge in [0.1, 0.15) is 0 Å². The van der Waals surface area contributed by atoms with Crippen LogP contribution in [-0.4, -0.2) is 44.9 Å². The van der Waals surface area contributed by atoms with E-state index in [-0.39, 0.29) is 0 Å². The highest BCUT2D eigenvalue weighted by Crippen LogP contribution is 2.35. The lowest BCUT2D eigenvalue weighted by molar-refractivity contribution is 0.521. The SMILES string of the molecule is O=S1(=O)[B]C2([B]O1)[B]OS(=O)(=O)[B]2. The Morgan fingerprint density at radius 3 is 1.46 bits per heavy atom. The van der Waals surface area contributed by atoms with Crippen LogP contribution in [0.3, 0.4) is 0 Å². The van der Waals surface area contributed by atoms with Crippen LogP contribution >= 0.6 is 0 Å². The molecule has 0 saturated carbocycles. The van der Waals surface area contributed by atoms with E-state index in [2.05, 4.69) is 8.20 Å². The molecular weight excluding hydrogens is 215 g/mol. The van der Waals surface area contributed by atoms with Crippen molar-refractivity contribution in [2.45, 2.75) is 5.01 Å². The molecule has 64 valence electrons. The van der Waals surface area contributed by atoms with Crippen LogP contribution in [-0.2, 0) is 28.1 Å². The molecule has 2 aliphatic rings. The number of hydrogen-bond donors (Lipinski definition) is 0. The summed E-state index contributed by atoms with van der Waals surface area (Å²) in [4.78, 5) is 0. The Balaban J connectivity index is 2.29. The lowest BCUT2D eigenvalue weighted by Crippen LogP contribution is -2.31. The quantitative estimate of drug-likeness (QED) is 0.406. The molecule has 0 aromatic heterocycles. The fraction of sp³-hybridized carbons (Fsp3) is 1.00. The lowest BCUT2D eigenvalue weighted by atomic mass is 9.27. The number of rotatable bonds is 0. The maximum Gasteiger partial charge on any atom is 0.305 e. The van der Waals surface area contributed by atoms with Gasteiger partial charge in [0.05, 0.1) is 0 Å². The first-order chi connectivity index (χ1) is 5.83. The third-order valence-corrected chi connectivity index (χ3v) is 3.59. The minimum atomic E-state index is -3.78. The van der Waals surface area contributed by atoms with Gasteiger partial charge in [0, 0.05) is 0 Å². The van der Waals surface area contributed by atoms with Gasteiger partial charge in [-0.05, 0) is 5.01 Å². The van der Waals surface area contributed by atoms with E-state index < -0.39 is 25.0 Å². The summed E-state index contributed by atoms with van der Waals surface area (Å²) in [6, 6.07) is 0. The van der Waals surface area contributed by atoms with Crippen LogP contribution in [0.25, 0.3) is 0 Å². The van der Waals surface area contributed by atoms with Crippen molar-refractivity contribution in [1.82, 2.24) is 0 Å². The highest BCUT2D eigenvalue weighted by atomic mass is 32.2. The van der Waals surface area contributed by atoms with Crippen LogP contribution in [0, 0.1) is 0 Å². The average molecular weight is 215 g/mol. The Bertz CT molecular complexity index is 380. The molecule has 4 radical (unpaired) electrons. The van der Waals surface area contributed by atoms with Crippen molar-refractivity contribution >= 4 is 48.0 Å². The van der Waals surface area contributed by atoms with Crippen molar-refractivity contribution in [3.8, 4) is 0 Å². The van der Waals surface area contributed by atoms with Crippen LogP contribution < -0.4 is 0 Å². The predicted octanol–water partition coefficient (Wildman–Crippen LogP) is -2.79. The van der Waals surface area contributed by atoms with Gasteiger partial charge in [0.25, 0.3) is 0 Å². The highest BCUT2D eigenvalue weighted by molar-refractivity contribution is 8.18. The summed E-state index contributed by atoms with van der Waals surface area (Å²) in [5.41, 5.74) is 0. The molecule has 2 rings (SSSR count). The molecule has 0 unspecified atom stereocenters. The zero-order valence-corrected chi connectivity index (χ0v) is 7.71. The average Bonchev–Trinajstić information content (AvgIpc) is 2.37. The van der Waals surface area contributed by atoms with E-state index in [1.165, 1.54) is 0 Å². The highest BCUT2D eigenvalue weighted by Gasteiger charge is 2.57. The standard InChI is InChI=1S/CB4O6S2/c6-12(7)4-1(2-10-12)3-11-13(8,9)5-1. The van der Waals surface area contributed by atoms with E-state index in [0.29, 0.717) is 0 Å². The molecule has 0 aliphatic carbocycles. The van der Waals surface area contributed by atoms with Gasteiger partial charge >= 0.3 is 28.1 Å². The summed E-state index contributed by atoms with van der Waals surface area (Å²) in [6.07, 6.45) is 0. The zero-order valence-electron chi connectivity index (χ0n) is 6.08. The van der Waals surface area contributed by atoms with Crippen LogP contribution in [0.2, 0.25) is 5.01 Å². The second kappa shape index (κ2) is 2.56. The predicted molar refractivity (Wildman–Crippen MR) is 45.7 cm³/mol. The summed E-state index contributed by atoms with van der Waals surface area (Å²) >= 11 is 0. The van der Waals surface area contributed by atoms with Crippen LogP contribution in [0.4, 0.5) is 0 Å². The van der Waals surface area contributed by atoms with E-state index in [1.807, 2.05) is 0 Å². The zero-order chi connectivity index (χ0) is 9.74. The minimum Gasteiger partial charge on any atom is -0.351 e. The smallest absolute Gasteiger partial charge is 0.305 e. The third-order valence-electron chi connectivity index (χ3n) is 1.47. The molecule has 2 heterocycles. The molecule has 6 nitrogen and oxygen atoms in total. The molecule has 0 amide bonds. The summed E-state index contributed by atoms with van der Waals surface area (Å²) in [5, 5.41) is -1.36. The Hall–Kier alpha value is 0.0797. The molecule has 0 N–H and O–H groups in total. The molecular formula is CB4O6S2. The van der Waals surface area contributed by atoms with Crippen molar-refractivity contribution in [2.75, 3.05) is 0 Å². The monoisotopic (exact) mass is 216 g/mol. The van der Waals surface area contributed by atoms with Gasteiger partial charge in [-0.1, -0.05) is 0 Å². The second-order valence-corrected chi connectivity index (χ2v) is 5.48. The Kier molecular flexibility index (Phi) is 1.89. The third kappa shape index (κ3) is 1.80. The van der Waals surface area contributed by atoms with Gasteiger partial charge in [-0.25, -0.2) is 16.8 Å². The van der Waals surface area contributed by atoms with Gasteiger partial charge in [-0.2, -0.15) is 0 Å². The fourth-order valence-electron chi connectivity index (χ4n) is 1.02. The first-order valence-electron chi connectivity index (χ1n) is 3.10. The molecule has 13 heavy (non-hydrogen) atoms. The summed E-state index contributed by atoms with van der Waals surface area (Å²) in [5.74, 6) is 0. The van der Waals surface area contributed by atoms with Crippen LogP contribution in [0.15, 0.2) is 0 Å². The Morgan fingerprint density at radius 2 is 1.23 bits per heavy atom. The minimum absolute atomic E-state index is 0.755. The molecule has 0 aromatic carbocycles. The van der Waals surface area contributed by atoms with E-state index in [1.54, 1.807) is 0 Å². The molecule has 0 aromatic rings. The second-order valence-electron chi connectivity index (χ2n) is 2.65. The van der Waals surface area contributed by atoms with E-state index in [4.69, 9.17) is 0 Å². The fourth-order valence-corrected chi connectivity index (χ4v) is 3.18. The molecule has 2 saturated heterocycles. The summed E-state index contributed by atoms with van der Waals surface area (Å²) in [7, 11) is -5.79. The number of hydrogen-bond acceptors (Lipinski definition) is 6. The van der Waals surface area contributed by atoms with Crippen molar-refractivity contribution in [2.24, 2.45) is 0 Å². The Morgan fingerprint density at radius 1 is 0.846 bits per heavy atom. The normalized spacial score (nSPS) is 31.4. The molecule has 2 fully saturated rings. The van der Waals surface area contributed by atoms with E-state index >= 15 is 0 Å². The van der Waals surface area contributed by atoms with Crippen molar-refractivity contribution in [1.29, 1.82) is 0 Å². The van der Waals surface area contributed by atoms with Crippen molar-refractivity contribution < 1.29 is 25.0 Å². The van der Waals surface area contributed by atoms with Gasteiger partial charge in [-0.15, -0.1) is 0 Å². The maximum absolute atomic E-state index is 10.8. The van der Waals surface area contributed by atoms with Gasteiger partial charge in [0.2, 0.25) is 0 Å². The van der Waals surface area contributed by atoms with E-state index in [0.717, 1.165) is 28.1 Å². The summed E-state index contributed by atoms with van der Waals surface area (Å²) in [6.45, 7) is 1.51. The first kappa shape index (κ1) is 9.63. The first-order valence-corrected chi connectivity index (χ1v) is 6.04. The van der Waals surface area contributed by atoms with Crippen LogP contribution in [0.1, 0.15) is 0 Å². The summed E-state index contributed by atoms with van der Waals surface area (Å²) < 4.78 is 51.7. The topological polar surface area (TPSA) is 86.7 Å². The molecule has 0 bridgehead atoms. The Labute approximate surface area is 78.4 Å². The molecule has 1 spiro atoms. The van der Waals surface area contributed by atoms with Gasteiger partial charge in [-0.3, -0.25) is 0 Å². The molecule has 2 aliphatic heterocycles. The van der Waals surface area contributed by atoms with Gasteiger partial charge < -0.3 is 8.20 Å². The lowest BCUT2D eigenvalue weighted by Gasteiger charge is -2.05. The van der Waals surface area contributed by atoms with Crippen LogP contribution in [0.5, 0.6) is 0 Å². The van der Waals surface area contributed by atoms with Crippen molar-refractivity contribution in [3.05, 3.63) is 0 Å². The molecule has 12 heteroatoms. The molecule has 0 atom stereocenters. The van der Waals surface area contributed by atoms with Gasteiger partial charge in [0.15, 0.2) is 19.9 Å². The maximum atomic E-state index is 10.8.